The van der Waals surface area contributed by atoms with Crippen LogP contribution in [0.4, 0.5) is 5.69 Å². The molecule has 0 aliphatic heterocycles. The number of benzene rings is 1. The summed E-state index contributed by atoms with van der Waals surface area (Å²) in [7, 11) is 0. The molecule has 0 unspecified atom stereocenters. The molecule has 0 bridgehead atoms. The molecule has 120 valence electrons. The molecule has 1 saturated carbocycles. The van der Waals surface area contributed by atoms with Crippen molar-refractivity contribution in [3.8, 4) is 5.75 Å². The molecule has 1 fully saturated rings. The molecule has 4 heteroatoms. The fraction of sp³-hybridized carbons (Fsp3) is 0.500. The molecule has 22 heavy (non-hydrogen) atoms. The number of allylic oxidation sites excluding steroid dienone is 1. The van der Waals surface area contributed by atoms with Crippen molar-refractivity contribution < 1.29 is 9.53 Å². The van der Waals surface area contributed by atoms with E-state index in [1.807, 2.05) is 24.3 Å². The molecule has 0 heterocycles. The van der Waals surface area contributed by atoms with Gasteiger partial charge in [-0.15, -0.1) is 6.58 Å². The first-order chi connectivity index (χ1) is 10.7. The van der Waals surface area contributed by atoms with Gasteiger partial charge < -0.3 is 15.4 Å². The molecule has 1 aliphatic carbocycles. The summed E-state index contributed by atoms with van der Waals surface area (Å²) in [5.41, 5.74) is 1.84. The maximum Gasteiger partial charge on any atom is 0.221 e. The third-order valence-electron chi connectivity index (χ3n) is 3.86. The molecule has 0 radical (unpaired) electrons. The Kier molecular flexibility index (Phi) is 6.46. The second-order valence-electron chi connectivity index (χ2n) is 5.78. The second kappa shape index (κ2) is 8.59. The molecule has 1 aromatic carbocycles. The van der Waals surface area contributed by atoms with E-state index in [0.717, 1.165) is 42.4 Å². The Morgan fingerprint density at radius 2 is 2.27 bits per heavy atom. The fourth-order valence-corrected chi connectivity index (χ4v) is 2.49. The number of hydrogen-bond acceptors (Lipinski definition) is 3. The highest BCUT2D eigenvalue weighted by molar-refractivity contribution is 5.88. The quantitative estimate of drug-likeness (QED) is 0.543. The largest absolute Gasteiger partial charge is 0.493 e. The molecule has 1 amide bonds. The maximum absolute atomic E-state index is 11.1. The normalized spacial score (nSPS) is 14.2. The van der Waals surface area contributed by atoms with Gasteiger partial charge in [0.25, 0.3) is 0 Å². The smallest absolute Gasteiger partial charge is 0.221 e. The average Bonchev–Trinajstić information content (AvgIpc) is 2.42. The Bertz CT molecular complexity index is 510. The summed E-state index contributed by atoms with van der Waals surface area (Å²) in [6, 6.07) is 6.47. The zero-order valence-corrected chi connectivity index (χ0v) is 13.4. The van der Waals surface area contributed by atoms with Crippen molar-refractivity contribution in [1.82, 2.24) is 5.32 Å². The summed E-state index contributed by atoms with van der Waals surface area (Å²) in [5.74, 6) is 0.804. The van der Waals surface area contributed by atoms with Crippen LogP contribution in [0.3, 0.4) is 0 Å². The molecule has 2 rings (SSSR count). The number of hydrogen-bond donors (Lipinski definition) is 2. The van der Waals surface area contributed by atoms with E-state index in [2.05, 4.69) is 17.2 Å². The van der Waals surface area contributed by atoms with Crippen LogP contribution in [0.5, 0.6) is 5.75 Å². The molecule has 4 nitrogen and oxygen atoms in total. The van der Waals surface area contributed by atoms with Crippen LogP contribution in [0.1, 0.15) is 38.2 Å². The minimum atomic E-state index is -0.0692. The van der Waals surface area contributed by atoms with Gasteiger partial charge in [0, 0.05) is 18.7 Å². The van der Waals surface area contributed by atoms with E-state index in [1.165, 1.54) is 26.2 Å². The Morgan fingerprint density at radius 3 is 2.91 bits per heavy atom. The van der Waals surface area contributed by atoms with Gasteiger partial charge in [0.1, 0.15) is 5.75 Å². The minimum absolute atomic E-state index is 0.0692. The molecule has 0 atom stereocenters. The first-order valence-electron chi connectivity index (χ1n) is 8.06. The van der Waals surface area contributed by atoms with Crippen LogP contribution >= 0.6 is 0 Å². The van der Waals surface area contributed by atoms with Gasteiger partial charge in [0.2, 0.25) is 5.91 Å². The molecule has 1 aliphatic rings. The number of ether oxygens (including phenoxy) is 1. The predicted octanol–water partition coefficient (Wildman–Crippen LogP) is 3.28. The minimum Gasteiger partial charge on any atom is -0.493 e. The highest BCUT2D eigenvalue weighted by atomic mass is 16.5. The summed E-state index contributed by atoms with van der Waals surface area (Å²) < 4.78 is 5.88. The summed E-state index contributed by atoms with van der Waals surface area (Å²) in [6.07, 6.45) is 7.56. The van der Waals surface area contributed by atoms with Gasteiger partial charge in [0.15, 0.2) is 0 Å². The van der Waals surface area contributed by atoms with E-state index in [4.69, 9.17) is 4.74 Å². The highest BCUT2D eigenvalue weighted by Gasteiger charge is 2.15. The number of anilines is 1. The van der Waals surface area contributed by atoms with Crippen molar-refractivity contribution >= 4 is 11.6 Å². The molecule has 0 aromatic heterocycles. The van der Waals surface area contributed by atoms with Crippen LogP contribution in [0.2, 0.25) is 0 Å². The van der Waals surface area contributed by atoms with Crippen molar-refractivity contribution in [2.45, 2.75) is 45.1 Å². The van der Waals surface area contributed by atoms with Crippen LogP contribution in [0, 0.1) is 0 Å². The fourth-order valence-electron chi connectivity index (χ4n) is 2.49. The van der Waals surface area contributed by atoms with Gasteiger partial charge in [-0.3, -0.25) is 4.79 Å². The van der Waals surface area contributed by atoms with Gasteiger partial charge in [0.05, 0.1) is 6.61 Å². The third-order valence-corrected chi connectivity index (χ3v) is 3.86. The van der Waals surface area contributed by atoms with Crippen molar-refractivity contribution in [1.29, 1.82) is 0 Å². The van der Waals surface area contributed by atoms with Gasteiger partial charge in [-0.05, 0) is 56.0 Å². The van der Waals surface area contributed by atoms with E-state index in [-0.39, 0.29) is 5.91 Å². The number of rotatable bonds is 9. The third kappa shape index (κ3) is 5.19. The van der Waals surface area contributed by atoms with Crippen LogP contribution in [-0.2, 0) is 11.2 Å². The van der Waals surface area contributed by atoms with E-state index in [0.29, 0.717) is 6.61 Å². The van der Waals surface area contributed by atoms with E-state index < -0.39 is 0 Å². The molecule has 0 saturated heterocycles. The lowest BCUT2D eigenvalue weighted by Gasteiger charge is -2.26. The maximum atomic E-state index is 11.1. The lowest BCUT2D eigenvalue weighted by Crippen LogP contribution is -2.36. The van der Waals surface area contributed by atoms with Gasteiger partial charge in [-0.25, -0.2) is 0 Å². The molecular formula is C18H26N2O2. The Labute approximate surface area is 132 Å². The lowest BCUT2D eigenvalue weighted by atomic mass is 9.93. The first-order valence-corrected chi connectivity index (χ1v) is 8.06. The SMILES string of the molecule is C=CCc1cc(NC(C)=O)ccc1OCCCNC1CCC1. The molecule has 2 N–H and O–H groups in total. The van der Waals surface area contributed by atoms with E-state index in [1.54, 1.807) is 0 Å². The predicted molar refractivity (Wildman–Crippen MR) is 90.4 cm³/mol. The molecular weight excluding hydrogens is 276 g/mol. The number of amides is 1. The van der Waals surface area contributed by atoms with Gasteiger partial charge in [-0.1, -0.05) is 12.5 Å². The first kappa shape index (κ1) is 16.6. The zero-order chi connectivity index (χ0) is 15.8. The lowest BCUT2D eigenvalue weighted by molar-refractivity contribution is -0.114. The standard InChI is InChI=1S/C18H26N2O2/c1-3-6-15-13-17(20-14(2)21)9-10-18(15)22-12-5-11-19-16-7-4-8-16/h3,9-10,13,16,19H,1,4-8,11-12H2,2H3,(H,20,21). The van der Waals surface area contributed by atoms with Gasteiger partial charge >= 0.3 is 0 Å². The monoisotopic (exact) mass is 302 g/mol. The van der Waals surface area contributed by atoms with Crippen LogP contribution in [0.15, 0.2) is 30.9 Å². The van der Waals surface area contributed by atoms with Crippen molar-refractivity contribution in [2.24, 2.45) is 0 Å². The molecule has 1 aromatic rings. The number of carbonyl (C=O) groups excluding carboxylic acids is 1. The van der Waals surface area contributed by atoms with Crippen molar-refractivity contribution in [3.63, 3.8) is 0 Å². The average molecular weight is 302 g/mol. The van der Waals surface area contributed by atoms with Crippen molar-refractivity contribution in [3.05, 3.63) is 36.4 Å². The Morgan fingerprint density at radius 1 is 1.45 bits per heavy atom. The summed E-state index contributed by atoms with van der Waals surface area (Å²) in [4.78, 5) is 11.1. The van der Waals surface area contributed by atoms with Crippen LogP contribution in [0.25, 0.3) is 0 Å². The molecule has 0 spiro atoms. The van der Waals surface area contributed by atoms with E-state index >= 15 is 0 Å². The topological polar surface area (TPSA) is 50.4 Å². The van der Waals surface area contributed by atoms with Crippen LogP contribution < -0.4 is 15.4 Å². The summed E-state index contributed by atoms with van der Waals surface area (Å²) in [6.45, 7) is 6.99. The second-order valence-corrected chi connectivity index (χ2v) is 5.78. The van der Waals surface area contributed by atoms with Crippen LogP contribution in [-0.4, -0.2) is 25.1 Å². The summed E-state index contributed by atoms with van der Waals surface area (Å²) in [5, 5.41) is 6.33. The highest BCUT2D eigenvalue weighted by Crippen LogP contribution is 2.24. The van der Waals surface area contributed by atoms with E-state index in [9.17, 15) is 4.79 Å². The van der Waals surface area contributed by atoms with Crippen molar-refractivity contribution in [2.75, 3.05) is 18.5 Å². The number of nitrogens with one attached hydrogen (secondary N) is 2. The Balaban J connectivity index is 1.82. The summed E-state index contributed by atoms with van der Waals surface area (Å²) >= 11 is 0. The number of carbonyl (C=O) groups is 1. The van der Waals surface area contributed by atoms with Gasteiger partial charge in [-0.2, -0.15) is 0 Å². The zero-order valence-electron chi connectivity index (χ0n) is 13.4. The Hall–Kier alpha value is -1.81.